The Hall–Kier alpha value is -0.980. The number of likely N-dealkylation sites (tertiary alicyclic amines) is 1. The van der Waals surface area contributed by atoms with Crippen LogP contribution >= 0.6 is 0 Å². The summed E-state index contributed by atoms with van der Waals surface area (Å²) in [6, 6.07) is 0.479. The summed E-state index contributed by atoms with van der Waals surface area (Å²) in [7, 11) is -1.47. The number of carbonyl (C=O) groups excluding carboxylic acids is 1. The predicted octanol–water partition coefficient (Wildman–Crippen LogP) is 0.0336. The Morgan fingerprint density at radius 3 is 2.55 bits per heavy atom. The van der Waals surface area contributed by atoms with Crippen molar-refractivity contribution in [1.29, 1.82) is 0 Å². The van der Waals surface area contributed by atoms with Gasteiger partial charge in [-0.25, -0.2) is 18.2 Å². The van der Waals surface area contributed by atoms with E-state index in [1.807, 2.05) is 0 Å². The fraction of sp³-hybridized carbons (Fsp3) is 0.950. The van der Waals surface area contributed by atoms with E-state index in [9.17, 15) is 13.2 Å². The average Bonchev–Trinajstić information content (AvgIpc) is 3.50. The highest BCUT2D eigenvalue weighted by Crippen LogP contribution is 2.39. The molecule has 5 aliphatic rings. The molecule has 11 heteroatoms. The molecule has 5 fully saturated rings. The molecule has 1 amide bonds. The number of ether oxygens (including phenoxy) is 1. The van der Waals surface area contributed by atoms with E-state index in [1.54, 1.807) is 4.90 Å². The molecule has 6 unspecified atom stereocenters. The van der Waals surface area contributed by atoms with Gasteiger partial charge in [0.05, 0.1) is 24.8 Å². The minimum atomic E-state index is -2.89. The SMILES string of the molecule is COC(=O)N1CCC(C2NOC(C3CCC4CNN(C5CCS(=O)(=O)C5)C4C3)N2)CC1. The number of hydrogen-bond acceptors (Lipinski definition) is 9. The van der Waals surface area contributed by atoms with Crippen LogP contribution in [0.1, 0.15) is 38.5 Å². The minimum absolute atomic E-state index is 0.0284. The van der Waals surface area contributed by atoms with E-state index in [1.165, 1.54) is 7.11 Å². The second-order valence-electron chi connectivity index (χ2n) is 9.82. The van der Waals surface area contributed by atoms with Gasteiger partial charge in [0.2, 0.25) is 0 Å². The molecule has 0 aromatic rings. The first-order chi connectivity index (χ1) is 14.9. The molecule has 6 atom stereocenters. The Kier molecular flexibility index (Phi) is 6.17. The van der Waals surface area contributed by atoms with Crippen LogP contribution in [-0.2, 0) is 19.4 Å². The number of sulfone groups is 1. The minimum Gasteiger partial charge on any atom is -0.453 e. The van der Waals surface area contributed by atoms with Gasteiger partial charge in [-0.3, -0.25) is 15.6 Å². The number of amides is 1. The van der Waals surface area contributed by atoms with Crippen LogP contribution in [0.15, 0.2) is 0 Å². The number of hydrazine groups is 1. The number of rotatable bonds is 3. The molecule has 1 aliphatic carbocycles. The van der Waals surface area contributed by atoms with Gasteiger partial charge < -0.3 is 9.64 Å². The molecule has 0 spiro atoms. The molecule has 10 nitrogen and oxygen atoms in total. The highest BCUT2D eigenvalue weighted by molar-refractivity contribution is 7.91. The smallest absolute Gasteiger partial charge is 0.409 e. The van der Waals surface area contributed by atoms with E-state index in [4.69, 9.17) is 9.57 Å². The summed E-state index contributed by atoms with van der Waals surface area (Å²) in [4.78, 5) is 19.5. The van der Waals surface area contributed by atoms with Crippen LogP contribution < -0.4 is 16.2 Å². The van der Waals surface area contributed by atoms with E-state index in [-0.39, 0.29) is 30.3 Å². The summed E-state index contributed by atoms with van der Waals surface area (Å²) in [6.45, 7) is 2.37. The zero-order chi connectivity index (χ0) is 21.6. The normalized spacial score (nSPS) is 41.4. The Labute approximate surface area is 184 Å². The third-order valence-corrected chi connectivity index (χ3v) is 9.78. The van der Waals surface area contributed by atoms with Gasteiger partial charge in [-0.2, -0.15) is 5.48 Å². The molecule has 4 saturated heterocycles. The van der Waals surface area contributed by atoms with Gasteiger partial charge in [-0.1, -0.05) is 0 Å². The lowest BCUT2D eigenvalue weighted by Crippen LogP contribution is -2.51. The first-order valence-electron chi connectivity index (χ1n) is 11.7. The predicted molar refractivity (Wildman–Crippen MR) is 113 cm³/mol. The zero-order valence-electron chi connectivity index (χ0n) is 18.2. The van der Waals surface area contributed by atoms with Crippen LogP contribution in [0.2, 0.25) is 0 Å². The molecule has 4 aliphatic heterocycles. The maximum atomic E-state index is 12.0. The number of hydrogen-bond donors (Lipinski definition) is 3. The Morgan fingerprint density at radius 1 is 1.06 bits per heavy atom. The van der Waals surface area contributed by atoms with Gasteiger partial charge >= 0.3 is 6.09 Å². The summed E-state index contributed by atoms with van der Waals surface area (Å²) in [5.41, 5.74) is 6.73. The first kappa shape index (κ1) is 21.8. The summed E-state index contributed by atoms with van der Waals surface area (Å²) in [5, 5.41) is 5.93. The van der Waals surface area contributed by atoms with Gasteiger partial charge in [0.15, 0.2) is 9.84 Å². The van der Waals surface area contributed by atoms with E-state index in [0.29, 0.717) is 42.6 Å². The standard InChI is InChI=1S/C20H35N5O5S/c1-29-20(26)24-7-4-13(5-8-24)18-22-19(30-23-18)14-2-3-15-11-21-25(17(15)10-14)16-6-9-31(27,28)12-16/h13-19,21-23H,2-12H2,1H3. The van der Waals surface area contributed by atoms with Crippen molar-refractivity contribution in [2.75, 3.05) is 38.2 Å². The molecule has 176 valence electrons. The number of piperidine rings is 1. The lowest BCUT2D eigenvalue weighted by Gasteiger charge is -2.39. The fourth-order valence-electron chi connectivity index (χ4n) is 6.23. The Balaban J connectivity index is 1.15. The van der Waals surface area contributed by atoms with Gasteiger partial charge in [0.1, 0.15) is 6.23 Å². The average molecular weight is 458 g/mol. The second kappa shape index (κ2) is 8.75. The van der Waals surface area contributed by atoms with Crippen LogP contribution in [-0.4, -0.2) is 87.1 Å². The summed E-state index contributed by atoms with van der Waals surface area (Å²) in [5.74, 6) is 1.99. The number of methoxy groups -OCH3 is 1. The molecule has 0 radical (unpaired) electrons. The van der Waals surface area contributed by atoms with Crippen molar-refractivity contribution in [1.82, 2.24) is 26.1 Å². The van der Waals surface area contributed by atoms with Gasteiger partial charge in [0, 0.05) is 37.6 Å². The molecule has 0 aromatic carbocycles. The fourth-order valence-corrected chi connectivity index (χ4v) is 7.94. The van der Waals surface area contributed by atoms with Crippen molar-refractivity contribution in [2.24, 2.45) is 17.8 Å². The number of fused-ring (bicyclic) bond motifs is 1. The number of nitrogens with zero attached hydrogens (tertiary/aromatic N) is 2. The summed E-state index contributed by atoms with van der Waals surface area (Å²) < 4.78 is 28.8. The third-order valence-electron chi connectivity index (χ3n) is 8.03. The van der Waals surface area contributed by atoms with Crippen LogP contribution in [0, 0.1) is 17.8 Å². The van der Waals surface area contributed by atoms with Gasteiger partial charge in [-0.05, 0) is 50.4 Å². The molecular weight excluding hydrogens is 422 g/mol. The van der Waals surface area contributed by atoms with E-state index in [2.05, 4.69) is 21.2 Å². The second-order valence-corrected chi connectivity index (χ2v) is 12.1. The molecule has 3 N–H and O–H groups in total. The van der Waals surface area contributed by atoms with Crippen molar-refractivity contribution in [3.63, 3.8) is 0 Å². The quantitative estimate of drug-likeness (QED) is 0.540. The van der Waals surface area contributed by atoms with E-state index in [0.717, 1.165) is 45.1 Å². The maximum absolute atomic E-state index is 12.0. The summed E-state index contributed by atoms with van der Waals surface area (Å²) in [6.07, 6.45) is 5.66. The van der Waals surface area contributed by atoms with Crippen molar-refractivity contribution >= 4 is 15.9 Å². The van der Waals surface area contributed by atoms with Gasteiger partial charge in [-0.15, -0.1) is 0 Å². The summed E-state index contributed by atoms with van der Waals surface area (Å²) >= 11 is 0. The van der Waals surface area contributed by atoms with Crippen molar-refractivity contribution < 1.29 is 22.8 Å². The molecule has 4 heterocycles. The molecule has 5 rings (SSSR count). The van der Waals surface area contributed by atoms with Gasteiger partial charge in [0.25, 0.3) is 0 Å². The third kappa shape index (κ3) is 4.45. The van der Waals surface area contributed by atoms with Crippen molar-refractivity contribution in [2.45, 2.75) is 63.0 Å². The van der Waals surface area contributed by atoms with Crippen molar-refractivity contribution in [3.05, 3.63) is 0 Å². The van der Waals surface area contributed by atoms with Crippen LogP contribution in [0.25, 0.3) is 0 Å². The monoisotopic (exact) mass is 457 g/mol. The Bertz CT molecular complexity index is 774. The maximum Gasteiger partial charge on any atom is 0.409 e. The largest absolute Gasteiger partial charge is 0.453 e. The van der Waals surface area contributed by atoms with Crippen LogP contribution in [0.3, 0.4) is 0 Å². The molecule has 31 heavy (non-hydrogen) atoms. The highest BCUT2D eigenvalue weighted by Gasteiger charge is 2.47. The molecule has 0 bridgehead atoms. The number of carbonyl (C=O) groups is 1. The molecule has 0 aromatic heterocycles. The number of hydroxylamine groups is 1. The number of nitrogens with one attached hydrogen (secondary N) is 3. The van der Waals surface area contributed by atoms with Crippen molar-refractivity contribution in [3.8, 4) is 0 Å². The van der Waals surface area contributed by atoms with E-state index < -0.39 is 9.84 Å². The zero-order valence-corrected chi connectivity index (χ0v) is 19.0. The van der Waals surface area contributed by atoms with Crippen LogP contribution in [0.4, 0.5) is 4.79 Å². The topological polar surface area (TPSA) is 112 Å². The molecular formula is C20H35N5O5S. The highest BCUT2D eigenvalue weighted by atomic mass is 32.2. The lowest BCUT2D eigenvalue weighted by molar-refractivity contribution is -0.0385. The van der Waals surface area contributed by atoms with E-state index >= 15 is 0 Å². The molecule has 1 saturated carbocycles. The van der Waals surface area contributed by atoms with Crippen LogP contribution in [0.5, 0.6) is 0 Å². The lowest BCUT2D eigenvalue weighted by atomic mass is 9.77. The Morgan fingerprint density at radius 2 is 1.84 bits per heavy atom. The first-order valence-corrected chi connectivity index (χ1v) is 13.5.